The van der Waals surface area contributed by atoms with Crippen LogP contribution in [0, 0.1) is 24.2 Å². The molecular weight excluding hydrogens is 243 g/mol. The molecule has 0 aliphatic heterocycles. The lowest BCUT2D eigenvalue weighted by Gasteiger charge is -2.28. The van der Waals surface area contributed by atoms with E-state index >= 15 is 0 Å². The summed E-state index contributed by atoms with van der Waals surface area (Å²) in [6.45, 7) is 5.96. The molecule has 0 bridgehead atoms. The smallest absolute Gasteiger partial charge is 0.167 e. The predicted octanol–water partition coefficient (Wildman–Crippen LogP) is 4.59. The molecule has 1 rings (SSSR count). The summed E-state index contributed by atoms with van der Waals surface area (Å²) < 4.78 is 11.4. The summed E-state index contributed by atoms with van der Waals surface area (Å²) in [6, 6.07) is 0. The molecule has 0 radical (unpaired) electrons. The Labute approximate surface area is 114 Å². The van der Waals surface area contributed by atoms with Crippen molar-refractivity contribution in [3.8, 4) is 12.3 Å². The zero-order chi connectivity index (χ0) is 13.2. The topological polar surface area (TPSA) is 18.5 Å². The monoisotopic (exact) mass is 270 g/mol. The quantitative estimate of drug-likeness (QED) is 0.365. The highest BCUT2D eigenvalue weighted by molar-refractivity contribution is 7.46. The second kappa shape index (κ2) is 9.79. The summed E-state index contributed by atoms with van der Waals surface area (Å²) in [5.74, 6) is 4.34. The highest BCUT2D eigenvalue weighted by Crippen LogP contribution is 2.37. The van der Waals surface area contributed by atoms with Gasteiger partial charge in [0.1, 0.15) is 0 Å². The Bertz CT molecular complexity index is 241. The predicted molar refractivity (Wildman–Crippen MR) is 78.6 cm³/mol. The highest BCUT2D eigenvalue weighted by Gasteiger charge is 2.20. The van der Waals surface area contributed by atoms with Crippen molar-refractivity contribution in [2.24, 2.45) is 11.8 Å². The average Bonchev–Trinajstić information content (AvgIpc) is 2.42. The minimum Gasteiger partial charge on any atom is -0.334 e. The van der Waals surface area contributed by atoms with Crippen molar-refractivity contribution in [1.29, 1.82) is 0 Å². The Hall–Kier alpha value is -0.0900. The van der Waals surface area contributed by atoms with E-state index < -0.39 is 8.38 Å². The van der Waals surface area contributed by atoms with Gasteiger partial charge in [0.15, 0.2) is 8.38 Å². The zero-order valence-electron chi connectivity index (χ0n) is 11.9. The van der Waals surface area contributed by atoms with Crippen molar-refractivity contribution in [2.75, 3.05) is 19.9 Å². The molecule has 0 aromatic rings. The maximum Gasteiger partial charge on any atom is 0.167 e. The first-order valence-corrected chi connectivity index (χ1v) is 8.81. The normalized spacial score (nSPS) is 25.6. The molecule has 0 saturated heterocycles. The summed E-state index contributed by atoms with van der Waals surface area (Å²) in [6.07, 6.45) is 13.7. The van der Waals surface area contributed by atoms with Gasteiger partial charge in [0, 0.05) is 13.1 Å². The maximum atomic E-state index is 5.82. The summed E-state index contributed by atoms with van der Waals surface area (Å²) in [4.78, 5) is 0. The fourth-order valence-electron chi connectivity index (χ4n) is 2.42. The molecule has 0 heterocycles. The molecule has 18 heavy (non-hydrogen) atoms. The molecule has 0 N–H and O–H groups in total. The minimum absolute atomic E-state index is 0.705. The summed E-state index contributed by atoms with van der Waals surface area (Å²) >= 11 is 0. The second-order valence-electron chi connectivity index (χ2n) is 5.17. The van der Waals surface area contributed by atoms with E-state index in [1.165, 1.54) is 32.1 Å². The number of hydrogen-bond donors (Lipinski definition) is 0. The van der Waals surface area contributed by atoms with Crippen LogP contribution >= 0.6 is 8.38 Å². The van der Waals surface area contributed by atoms with Gasteiger partial charge in [0.25, 0.3) is 0 Å². The maximum absolute atomic E-state index is 5.82. The third-order valence-corrected chi connectivity index (χ3v) is 4.83. The van der Waals surface area contributed by atoms with Crippen LogP contribution in [0.3, 0.4) is 0 Å². The Morgan fingerprint density at radius 1 is 1.17 bits per heavy atom. The van der Waals surface area contributed by atoms with Gasteiger partial charge in [-0.3, -0.25) is 0 Å². The third kappa shape index (κ3) is 6.74. The van der Waals surface area contributed by atoms with Crippen LogP contribution in [0.15, 0.2) is 0 Å². The largest absolute Gasteiger partial charge is 0.334 e. The lowest BCUT2D eigenvalue weighted by Crippen LogP contribution is -2.17. The van der Waals surface area contributed by atoms with Gasteiger partial charge in [0.05, 0.1) is 13.2 Å². The van der Waals surface area contributed by atoms with E-state index in [2.05, 4.69) is 12.8 Å². The van der Waals surface area contributed by atoms with Crippen LogP contribution < -0.4 is 0 Å². The fourth-order valence-corrected chi connectivity index (χ4v) is 3.30. The highest BCUT2D eigenvalue weighted by atomic mass is 31.2. The zero-order valence-corrected chi connectivity index (χ0v) is 12.8. The Balaban J connectivity index is 2.01. The molecule has 3 heteroatoms. The van der Waals surface area contributed by atoms with E-state index in [9.17, 15) is 0 Å². The standard InChI is InChI=1S/C15H27O2P/c1-4-6-7-12-16-18(3)17-13-15-10-8-14(5-2)9-11-15/h1,14-15H,5-13H2,2-3H3. The van der Waals surface area contributed by atoms with Gasteiger partial charge in [-0.2, -0.15) is 0 Å². The van der Waals surface area contributed by atoms with Gasteiger partial charge in [-0.05, 0) is 31.1 Å². The van der Waals surface area contributed by atoms with Crippen LogP contribution in [0.25, 0.3) is 0 Å². The van der Waals surface area contributed by atoms with Gasteiger partial charge in [0.2, 0.25) is 0 Å². The van der Waals surface area contributed by atoms with Crippen LogP contribution in [-0.4, -0.2) is 19.9 Å². The minimum atomic E-state index is -0.705. The van der Waals surface area contributed by atoms with E-state index in [4.69, 9.17) is 15.5 Å². The molecule has 1 unspecified atom stereocenters. The van der Waals surface area contributed by atoms with Gasteiger partial charge >= 0.3 is 0 Å². The Morgan fingerprint density at radius 3 is 2.44 bits per heavy atom. The fraction of sp³-hybridized carbons (Fsp3) is 0.867. The van der Waals surface area contributed by atoms with Gasteiger partial charge < -0.3 is 9.05 Å². The number of terminal acetylenes is 1. The summed E-state index contributed by atoms with van der Waals surface area (Å²) in [5.41, 5.74) is 0. The van der Waals surface area contributed by atoms with Crippen LogP contribution in [0.2, 0.25) is 0 Å². The van der Waals surface area contributed by atoms with Crippen molar-refractivity contribution >= 4 is 8.38 Å². The van der Waals surface area contributed by atoms with Crippen LogP contribution in [-0.2, 0) is 9.05 Å². The third-order valence-electron chi connectivity index (χ3n) is 3.77. The SMILES string of the molecule is C#CCCCOP(C)OCC1CCC(CC)CC1. The summed E-state index contributed by atoms with van der Waals surface area (Å²) in [7, 11) is -0.705. The van der Waals surface area contributed by atoms with Crippen LogP contribution in [0.4, 0.5) is 0 Å². The van der Waals surface area contributed by atoms with E-state index in [-0.39, 0.29) is 0 Å². The molecule has 1 aliphatic carbocycles. The molecule has 1 saturated carbocycles. The van der Waals surface area contributed by atoms with E-state index in [1.807, 2.05) is 6.66 Å². The molecule has 1 fully saturated rings. The molecular formula is C15H27O2P. The number of rotatable bonds is 8. The van der Waals surface area contributed by atoms with Gasteiger partial charge in [-0.15, -0.1) is 12.3 Å². The molecule has 104 valence electrons. The molecule has 0 amide bonds. The first-order valence-electron chi connectivity index (χ1n) is 7.19. The van der Waals surface area contributed by atoms with Crippen molar-refractivity contribution in [2.45, 2.75) is 51.9 Å². The van der Waals surface area contributed by atoms with Crippen molar-refractivity contribution in [3.05, 3.63) is 0 Å². The van der Waals surface area contributed by atoms with E-state index in [0.29, 0.717) is 0 Å². The lowest BCUT2D eigenvalue weighted by molar-refractivity contribution is 0.170. The summed E-state index contributed by atoms with van der Waals surface area (Å²) in [5, 5.41) is 0. The first-order chi connectivity index (χ1) is 8.76. The first kappa shape index (κ1) is 16.0. The van der Waals surface area contributed by atoms with Crippen molar-refractivity contribution in [3.63, 3.8) is 0 Å². The molecule has 1 aliphatic rings. The second-order valence-corrected chi connectivity index (χ2v) is 6.57. The van der Waals surface area contributed by atoms with Crippen LogP contribution in [0.5, 0.6) is 0 Å². The van der Waals surface area contributed by atoms with E-state index in [1.54, 1.807) is 0 Å². The molecule has 0 aromatic heterocycles. The van der Waals surface area contributed by atoms with Gasteiger partial charge in [-0.25, -0.2) is 0 Å². The molecule has 0 spiro atoms. The Morgan fingerprint density at radius 2 is 1.83 bits per heavy atom. The Kier molecular flexibility index (Phi) is 8.68. The lowest BCUT2D eigenvalue weighted by atomic mass is 9.81. The van der Waals surface area contributed by atoms with Crippen molar-refractivity contribution < 1.29 is 9.05 Å². The number of hydrogen-bond acceptors (Lipinski definition) is 2. The number of unbranched alkanes of at least 4 members (excludes halogenated alkanes) is 1. The molecule has 2 nitrogen and oxygen atoms in total. The molecule has 0 aromatic carbocycles. The molecule has 1 atom stereocenters. The van der Waals surface area contributed by atoms with Crippen LogP contribution in [0.1, 0.15) is 51.9 Å². The van der Waals surface area contributed by atoms with Gasteiger partial charge in [-0.1, -0.05) is 26.2 Å². The van der Waals surface area contributed by atoms with Crippen molar-refractivity contribution in [1.82, 2.24) is 0 Å². The van der Waals surface area contributed by atoms with E-state index in [0.717, 1.165) is 37.9 Å². The average molecular weight is 270 g/mol.